The minimum atomic E-state index is 0.531. The van der Waals surface area contributed by atoms with Gasteiger partial charge in [0, 0.05) is 16.9 Å². The molecule has 0 unspecified atom stereocenters. The van der Waals surface area contributed by atoms with Gasteiger partial charge in [-0.15, -0.1) is 5.10 Å². The minimum Gasteiger partial charge on any atom is -0.493 e. The number of methoxy groups -OCH3 is 1. The van der Waals surface area contributed by atoms with Crippen molar-refractivity contribution in [2.45, 2.75) is 6.54 Å². The summed E-state index contributed by atoms with van der Waals surface area (Å²) in [5.74, 6) is 2.23. The van der Waals surface area contributed by atoms with Crippen molar-refractivity contribution in [2.24, 2.45) is 7.05 Å². The van der Waals surface area contributed by atoms with Crippen LogP contribution in [-0.4, -0.2) is 22.1 Å². The Hall–Kier alpha value is -2.02. The molecule has 0 spiro atoms. The average Bonchev–Trinajstić information content (AvgIpc) is 3.04. The first-order valence-corrected chi connectivity index (χ1v) is 6.82. The van der Waals surface area contributed by atoms with E-state index in [1.807, 2.05) is 25.2 Å². The van der Waals surface area contributed by atoms with Crippen molar-refractivity contribution in [2.75, 3.05) is 12.4 Å². The first kappa shape index (κ1) is 13.0. The molecule has 0 aliphatic carbocycles. The summed E-state index contributed by atoms with van der Waals surface area (Å²) in [6, 6.07) is 5.79. The monoisotopic (exact) mass is 336 g/mol. The zero-order chi connectivity index (χ0) is 14.1. The topological polar surface area (TPSA) is 65.1 Å². The Morgan fingerprint density at radius 2 is 2.30 bits per heavy atom. The van der Waals surface area contributed by atoms with Crippen molar-refractivity contribution in [1.29, 1.82) is 0 Å². The van der Waals surface area contributed by atoms with Gasteiger partial charge in [-0.2, -0.15) is 0 Å². The Kier molecular flexibility index (Phi) is 3.35. The number of anilines is 1. The number of aryl methyl sites for hydroxylation is 1. The molecule has 104 valence electrons. The van der Waals surface area contributed by atoms with E-state index < -0.39 is 0 Å². The molecule has 20 heavy (non-hydrogen) atoms. The van der Waals surface area contributed by atoms with Gasteiger partial charge in [-0.1, -0.05) is 21.1 Å². The van der Waals surface area contributed by atoms with E-state index in [1.54, 1.807) is 18.0 Å². The predicted molar refractivity (Wildman–Crippen MR) is 78.8 cm³/mol. The third-order valence-corrected chi connectivity index (χ3v) is 3.60. The molecule has 7 heteroatoms. The summed E-state index contributed by atoms with van der Waals surface area (Å²) < 4.78 is 13.7. The van der Waals surface area contributed by atoms with Gasteiger partial charge in [0.05, 0.1) is 19.9 Å². The fraction of sp³-hybridized carbons (Fsp3) is 0.231. The molecule has 0 fully saturated rings. The molecule has 2 aromatic heterocycles. The number of hydrogen-bond donors (Lipinski definition) is 1. The molecule has 0 amide bonds. The summed E-state index contributed by atoms with van der Waals surface area (Å²) in [5, 5.41) is 12.0. The standard InChI is InChI=1S/C13H13BrN4O2/c1-18-7-12(16-17-18)15-6-8-5-9-10(14)3-4-11(19-2)13(9)20-8/h3-5,7,15H,6H2,1-2H3. The Balaban J connectivity index is 1.87. The Morgan fingerprint density at radius 3 is 3.00 bits per heavy atom. The van der Waals surface area contributed by atoms with E-state index in [0.29, 0.717) is 18.1 Å². The van der Waals surface area contributed by atoms with E-state index >= 15 is 0 Å². The molecule has 0 bridgehead atoms. The highest BCUT2D eigenvalue weighted by Crippen LogP contribution is 2.34. The van der Waals surface area contributed by atoms with Crippen molar-refractivity contribution in [1.82, 2.24) is 15.0 Å². The van der Waals surface area contributed by atoms with Gasteiger partial charge in [0.15, 0.2) is 17.2 Å². The molecule has 0 atom stereocenters. The lowest BCUT2D eigenvalue weighted by Crippen LogP contribution is -1.98. The smallest absolute Gasteiger partial charge is 0.177 e. The lowest BCUT2D eigenvalue weighted by Gasteiger charge is -2.01. The average molecular weight is 337 g/mol. The molecule has 0 aliphatic rings. The van der Waals surface area contributed by atoms with Crippen LogP contribution >= 0.6 is 15.9 Å². The van der Waals surface area contributed by atoms with Crippen molar-refractivity contribution in [3.05, 3.63) is 34.6 Å². The van der Waals surface area contributed by atoms with Gasteiger partial charge in [-0.05, 0) is 18.2 Å². The number of nitrogens with one attached hydrogen (secondary N) is 1. The number of hydrogen-bond acceptors (Lipinski definition) is 5. The number of nitrogens with zero attached hydrogens (tertiary/aromatic N) is 3. The van der Waals surface area contributed by atoms with Crippen molar-refractivity contribution >= 4 is 32.7 Å². The van der Waals surface area contributed by atoms with Crippen LogP contribution in [0.1, 0.15) is 5.76 Å². The molecule has 6 nitrogen and oxygen atoms in total. The van der Waals surface area contributed by atoms with Crippen molar-refractivity contribution < 1.29 is 9.15 Å². The summed E-state index contributed by atoms with van der Waals surface area (Å²) in [7, 11) is 3.45. The second-order valence-corrected chi connectivity index (χ2v) is 5.19. The molecular formula is C13H13BrN4O2. The molecule has 1 aromatic carbocycles. The van der Waals surface area contributed by atoms with Gasteiger partial charge in [0.1, 0.15) is 5.76 Å². The largest absolute Gasteiger partial charge is 0.493 e. The van der Waals surface area contributed by atoms with Gasteiger partial charge in [-0.3, -0.25) is 4.68 Å². The summed E-state index contributed by atoms with van der Waals surface area (Å²) in [6.07, 6.45) is 1.80. The predicted octanol–water partition coefficient (Wildman–Crippen LogP) is 2.94. The SMILES string of the molecule is COc1ccc(Br)c2cc(CNc3cn(C)nn3)oc12. The van der Waals surface area contributed by atoms with E-state index in [1.165, 1.54) is 0 Å². The highest BCUT2D eigenvalue weighted by Gasteiger charge is 2.12. The van der Waals surface area contributed by atoms with E-state index in [9.17, 15) is 0 Å². The van der Waals surface area contributed by atoms with E-state index in [-0.39, 0.29) is 0 Å². The number of ether oxygens (including phenoxy) is 1. The molecule has 1 N–H and O–H groups in total. The fourth-order valence-electron chi connectivity index (χ4n) is 1.97. The maximum absolute atomic E-state index is 5.83. The minimum absolute atomic E-state index is 0.531. The first-order valence-electron chi connectivity index (χ1n) is 6.02. The quantitative estimate of drug-likeness (QED) is 0.793. The number of halogens is 1. The van der Waals surface area contributed by atoms with Gasteiger partial charge in [0.25, 0.3) is 0 Å². The zero-order valence-corrected chi connectivity index (χ0v) is 12.6. The number of aromatic nitrogens is 3. The lowest BCUT2D eigenvalue weighted by molar-refractivity contribution is 0.408. The highest BCUT2D eigenvalue weighted by atomic mass is 79.9. The summed E-state index contributed by atoms with van der Waals surface area (Å²) in [6.45, 7) is 0.531. The molecule has 0 radical (unpaired) electrons. The van der Waals surface area contributed by atoms with Crippen LogP contribution < -0.4 is 10.1 Å². The van der Waals surface area contributed by atoms with Crippen LogP contribution in [0, 0.1) is 0 Å². The molecule has 0 saturated heterocycles. The number of fused-ring (bicyclic) bond motifs is 1. The zero-order valence-electron chi connectivity index (χ0n) is 11.1. The van der Waals surface area contributed by atoms with Crippen LogP contribution in [0.25, 0.3) is 11.0 Å². The fourth-order valence-corrected chi connectivity index (χ4v) is 2.40. The second-order valence-electron chi connectivity index (χ2n) is 4.34. The van der Waals surface area contributed by atoms with Crippen LogP contribution in [0.5, 0.6) is 5.75 Å². The van der Waals surface area contributed by atoms with Crippen LogP contribution in [0.4, 0.5) is 5.82 Å². The van der Waals surface area contributed by atoms with Crippen molar-refractivity contribution in [3.63, 3.8) is 0 Å². The number of rotatable bonds is 4. The molecule has 0 aliphatic heterocycles. The van der Waals surface area contributed by atoms with Gasteiger partial charge >= 0.3 is 0 Å². The van der Waals surface area contributed by atoms with Crippen LogP contribution in [0.2, 0.25) is 0 Å². The molecule has 0 saturated carbocycles. The number of benzene rings is 1. The molecule has 2 heterocycles. The first-order chi connectivity index (χ1) is 9.67. The van der Waals surface area contributed by atoms with Crippen molar-refractivity contribution in [3.8, 4) is 5.75 Å². The maximum Gasteiger partial charge on any atom is 0.177 e. The molecule has 3 rings (SSSR count). The Morgan fingerprint density at radius 1 is 1.45 bits per heavy atom. The summed E-state index contributed by atoms with van der Waals surface area (Å²) in [4.78, 5) is 0. The summed E-state index contributed by atoms with van der Waals surface area (Å²) in [5.41, 5.74) is 0.734. The lowest BCUT2D eigenvalue weighted by atomic mass is 10.2. The van der Waals surface area contributed by atoms with Crippen LogP contribution in [0.3, 0.4) is 0 Å². The maximum atomic E-state index is 5.83. The third-order valence-electron chi connectivity index (χ3n) is 2.91. The van der Waals surface area contributed by atoms with Gasteiger partial charge < -0.3 is 14.5 Å². The second kappa shape index (κ2) is 5.16. The van der Waals surface area contributed by atoms with Gasteiger partial charge in [0.2, 0.25) is 0 Å². The Bertz CT molecular complexity index is 750. The van der Waals surface area contributed by atoms with Crippen LogP contribution in [-0.2, 0) is 13.6 Å². The normalized spacial score (nSPS) is 10.9. The molecule has 3 aromatic rings. The van der Waals surface area contributed by atoms with Gasteiger partial charge in [-0.25, -0.2) is 0 Å². The third kappa shape index (κ3) is 2.36. The van der Waals surface area contributed by atoms with E-state index in [0.717, 1.165) is 21.2 Å². The number of furan rings is 1. The highest BCUT2D eigenvalue weighted by molar-refractivity contribution is 9.10. The van der Waals surface area contributed by atoms with E-state index in [2.05, 4.69) is 31.6 Å². The summed E-state index contributed by atoms with van der Waals surface area (Å²) >= 11 is 3.51. The van der Waals surface area contributed by atoms with E-state index in [4.69, 9.17) is 9.15 Å². The Labute approximate surface area is 123 Å². The van der Waals surface area contributed by atoms with Crippen LogP contribution in [0.15, 0.2) is 33.3 Å². The molecular weight excluding hydrogens is 324 g/mol.